The van der Waals surface area contributed by atoms with Gasteiger partial charge in [0, 0.05) is 31.2 Å². The van der Waals surface area contributed by atoms with Crippen molar-refractivity contribution >= 4 is 18.1 Å². The molecule has 7 heteroatoms. The molecule has 1 aliphatic heterocycles. The predicted molar refractivity (Wildman–Crippen MR) is 98.5 cm³/mol. The summed E-state index contributed by atoms with van der Waals surface area (Å²) < 4.78 is 5.33. The number of rotatable bonds is 4. The fourth-order valence-corrected chi connectivity index (χ4v) is 3.18. The Morgan fingerprint density at radius 3 is 2.63 bits per heavy atom. The maximum absolute atomic E-state index is 12.8. The lowest BCUT2D eigenvalue weighted by atomic mass is 10.1. The van der Waals surface area contributed by atoms with Crippen molar-refractivity contribution in [3.8, 4) is 17.1 Å². The van der Waals surface area contributed by atoms with Crippen LogP contribution in [0.4, 0.5) is 0 Å². The highest BCUT2D eigenvalue weighted by molar-refractivity contribution is 5.98. The van der Waals surface area contributed by atoms with Gasteiger partial charge in [0.1, 0.15) is 11.5 Å². The number of phenolic OH excluding ortho intramolecular Hbond substituents is 1. The van der Waals surface area contributed by atoms with Crippen LogP contribution in [0, 0.1) is 0 Å². The van der Waals surface area contributed by atoms with E-state index in [9.17, 15) is 19.5 Å². The van der Waals surface area contributed by atoms with Gasteiger partial charge < -0.3 is 19.3 Å². The predicted octanol–water partition coefficient (Wildman–Crippen LogP) is 2.32. The lowest BCUT2D eigenvalue weighted by Gasteiger charge is -2.39. The van der Waals surface area contributed by atoms with Crippen molar-refractivity contribution in [2.75, 3.05) is 19.6 Å². The molecule has 1 aromatic heterocycles. The Labute approximate surface area is 156 Å². The molecule has 1 fully saturated rings. The number of aldehydes is 1. The van der Waals surface area contributed by atoms with Gasteiger partial charge in [0.15, 0.2) is 12.0 Å². The van der Waals surface area contributed by atoms with Crippen LogP contribution in [0.2, 0.25) is 0 Å². The summed E-state index contributed by atoms with van der Waals surface area (Å²) in [6.45, 7) is 6.55. The highest BCUT2D eigenvalue weighted by Gasteiger charge is 2.30. The molecule has 2 aromatic rings. The number of piperazine rings is 1. The first kappa shape index (κ1) is 18.4. The average Bonchev–Trinajstić information content (AvgIpc) is 3.16. The second-order valence-electron chi connectivity index (χ2n) is 6.39. The number of nitrogens with zero attached hydrogens (tertiary/aromatic N) is 2. The van der Waals surface area contributed by atoms with Gasteiger partial charge in [-0.05, 0) is 37.3 Å². The van der Waals surface area contributed by atoms with Crippen molar-refractivity contribution in [3.05, 3.63) is 54.3 Å². The molecule has 0 unspecified atom stereocenters. The van der Waals surface area contributed by atoms with E-state index in [0.717, 1.165) is 0 Å². The third kappa shape index (κ3) is 3.62. The van der Waals surface area contributed by atoms with E-state index in [4.69, 9.17) is 4.42 Å². The second kappa shape index (κ2) is 7.49. The summed E-state index contributed by atoms with van der Waals surface area (Å²) in [5.41, 5.74) is 0.739. The van der Waals surface area contributed by atoms with Gasteiger partial charge in [-0.1, -0.05) is 12.6 Å². The van der Waals surface area contributed by atoms with Crippen molar-refractivity contribution in [2.24, 2.45) is 0 Å². The molecule has 2 heterocycles. The number of benzene rings is 1. The molecule has 140 valence electrons. The van der Waals surface area contributed by atoms with Crippen LogP contribution < -0.4 is 0 Å². The Kier molecular flexibility index (Phi) is 5.12. The second-order valence-corrected chi connectivity index (χ2v) is 6.39. The van der Waals surface area contributed by atoms with Gasteiger partial charge in [-0.2, -0.15) is 0 Å². The summed E-state index contributed by atoms with van der Waals surface area (Å²) in [5, 5.41) is 10.3. The van der Waals surface area contributed by atoms with E-state index in [1.807, 2.05) is 6.92 Å². The van der Waals surface area contributed by atoms with E-state index in [1.165, 1.54) is 24.3 Å². The van der Waals surface area contributed by atoms with Crippen molar-refractivity contribution in [1.82, 2.24) is 9.80 Å². The average molecular weight is 368 g/mol. The van der Waals surface area contributed by atoms with Crippen LogP contribution in [0.15, 0.2) is 47.4 Å². The Bertz CT molecular complexity index is 902. The molecular weight excluding hydrogens is 348 g/mol. The molecule has 2 amide bonds. The van der Waals surface area contributed by atoms with Crippen molar-refractivity contribution in [2.45, 2.75) is 13.0 Å². The Morgan fingerprint density at radius 2 is 2.04 bits per heavy atom. The molecule has 27 heavy (non-hydrogen) atoms. The minimum absolute atomic E-state index is 0.158. The number of hydrogen-bond acceptors (Lipinski definition) is 5. The fraction of sp³-hybridized carbons (Fsp3) is 0.250. The molecule has 7 nitrogen and oxygen atoms in total. The van der Waals surface area contributed by atoms with Crippen LogP contribution in [0.3, 0.4) is 0 Å². The summed E-state index contributed by atoms with van der Waals surface area (Å²) in [6.07, 6.45) is 1.86. The maximum Gasteiger partial charge on any atom is 0.257 e. The summed E-state index contributed by atoms with van der Waals surface area (Å²) in [7, 11) is 0. The number of carbonyl (C=O) groups excluding carboxylic acids is 3. The molecule has 0 spiro atoms. The zero-order valence-electron chi connectivity index (χ0n) is 14.9. The Morgan fingerprint density at radius 1 is 1.26 bits per heavy atom. The largest absolute Gasteiger partial charge is 0.507 e. The first-order chi connectivity index (χ1) is 12.9. The standard InChI is InChI=1S/C20H20N2O5/c1-3-19(25)21-8-9-22(13(2)11-21)20(26)16-6-4-14(10-17(16)24)18-7-5-15(12-23)27-18/h3-7,10,12-13,24H,1,8-9,11H2,2H3/t13-/m0/s1. The molecule has 0 saturated carbocycles. The summed E-state index contributed by atoms with van der Waals surface area (Å²) in [4.78, 5) is 38.6. The van der Waals surface area contributed by atoms with Crippen LogP contribution in [-0.4, -0.2) is 58.7 Å². The molecule has 1 N–H and O–H groups in total. The van der Waals surface area contributed by atoms with Crippen LogP contribution in [0.1, 0.15) is 27.8 Å². The summed E-state index contributed by atoms with van der Waals surface area (Å²) in [5.74, 6) is -0.0142. The SMILES string of the molecule is C=CC(=O)N1CCN(C(=O)c2ccc(-c3ccc(C=O)o3)cc2O)[C@@H](C)C1. The van der Waals surface area contributed by atoms with Crippen LogP contribution in [0.25, 0.3) is 11.3 Å². The number of hydrogen-bond donors (Lipinski definition) is 1. The van der Waals surface area contributed by atoms with Crippen LogP contribution >= 0.6 is 0 Å². The highest BCUT2D eigenvalue weighted by atomic mass is 16.3. The quantitative estimate of drug-likeness (QED) is 0.661. The van der Waals surface area contributed by atoms with Crippen molar-refractivity contribution < 1.29 is 23.9 Å². The van der Waals surface area contributed by atoms with Gasteiger partial charge in [-0.3, -0.25) is 14.4 Å². The van der Waals surface area contributed by atoms with Crippen molar-refractivity contribution in [1.29, 1.82) is 0 Å². The third-order valence-electron chi connectivity index (χ3n) is 4.63. The van der Waals surface area contributed by atoms with Crippen LogP contribution in [0.5, 0.6) is 5.75 Å². The lowest BCUT2D eigenvalue weighted by molar-refractivity contribution is -0.128. The highest BCUT2D eigenvalue weighted by Crippen LogP contribution is 2.29. The molecule has 0 bridgehead atoms. The first-order valence-electron chi connectivity index (χ1n) is 8.55. The topological polar surface area (TPSA) is 91.1 Å². The fourth-order valence-electron chi connectivity index (χ4n) is 3.18. The van der Waals surface area contributed by atoms with Gasteiger partial charge >= 0.3 is 0 Å². The van der Waals surface area contributed by atoms with Gasteiger partial charge in [0.25, 0.3) is 5.91 Å². The number of furan rings is 1. The zero-order chi connectivity index (χ0) is 19.6. The van der Waals surface area contributed by atoms with E-state index < -0.39 is 0 Å². The Balaban J connectivity index is 1.78. The molecule has 1 aromatic carbocycles. The minimum Gasteiger partial charge on any atom is -0.507 e. The van der Waals surface area contributed by atoms with Gasteiger partial charge in [0.05, 0.1) is 5.56 Å². The smallest absolute Gasteiger partial charge is 0.257 e. The number of phenols is 1. The minimum atomic E-state index is -0.301. The van der Waals surface area contributed by atoms with Crippen molar-refractivity contribution in [3.63, 3.8) is 0 Å². The third-order valence-corrected chi connectivity index (χ3v) is 4.63. The van der Waals surface area contributed by atoms with Gasteiger partial charge in [-0.15, -0.1) is 0 Å². The van der Waals surface area contributed by atoms with E-state index in [-0.39, 0.29) is 34.9 Å². The van der Waals surface area contributed by atoms with E-state index in [0.29, 0.717) is 37.2 Å². The summed E-state index contributed by atoms with van der Waals surface area (Å²) >= 11 is 0. The number of aromatic hydroxyl groups is 1. The van der Waals surface area contributed by atoms with E-state index in [2.05, 4.69) is 6.58 Å². The number of carbonyl (C=O) groups is 3. The molecule has 3 rings (SSSR count). The Hall–Kier alpha value is -3.35. The molecule has 0 radical (unpaired) electrons. The number of amides is 2. The lowest BCUT2D eigenvalue weighted by Crippen LogP contribution is -2.55. The maximum atomic E-state index is 12.8. The molecule has 1 atom stereocenters. The van der Waals surface area contributed by atoms with E-state index in [1.54, 1.807) is 21.9 Å². The molecular formula is C20H20N2O5. The zero-order valence-corrected chi connectivity index (χ0v) is 14.9. The molecule has 1 saturated heterocycles. The monoisotopic (exact) mass is 368 g/mol. The molecule has 1 aliphatic rings. The van der Waals surface area contributed by atoms with E-state index >= 15 is 0 Å². The van der Waals surface area contributed by atoms with Gasteiger partial charge in [-0.25, -0.2) is 0 Å². The summed E-state index contributed by atoms with van der Waals surface area (Å²) in [6, 6.07) is 7.59. The normalized spacial score (nSPS) is 16.9. The molecule has 0 aliphatic carbocycles. The van der Waals surface area contributed by atoms with Crippen LogP contribution in [-0.2, 0) is 4.79 Å². The van der Waals surface area contributed by atoms with Gasteiger partial charge in [0.2, 0.25) is 5.91 Å². The first-order valence-corrected chi connectivity index (χ1v) is 8.55.